The third-order valence-corrected chi connectivity index (χ3v) is 2.32. The summed E-state index contributed by atoms with van der Waals surface area (Å²) < 4.78 is 7.02. The second-order valence-electron chi connectivity index (χ2n) is 3.22. The van der Waals surface area contributed by atoms with E-state index in [2.05, 4.69) is 4.98 Å². The van der Waals surface area contributed by atoms with E-state index in [-0.39, 0.29) is 0 Å². The fourth-order valence-electron chi connectivity index (χ4n) is 1.36. The number of hydrogen-bond acceptors (Lipinski definition) is 2. The molecule has 4 heteroatoms. The molecule has 2 rings (SSSR count). The van der Waals surface area contributed by atoms with Gasteiger partial charge in [-0.25, -0.2) is 4.98 Å². The lowest BCUT2D eigenvalue weighted by atomic mass is 10.2. The summed E-state index contributed by atoms with van der Waals surface area (Å²) in [5, 5.41) is 0.517. The van der Waals surface area contributed by atoms with Gasteiger partial charge in [-0.15, -0.1) is 0 Å². The molecule has 0 bridgehead atoms. The summed E-state index contributed by atoms with van der Waals surface area (Å²) in [5.74, 6) is 0.863. The number of hydrogen-bond donors (Lipinski definition) is 0. The highest BCUT2D eigenvalue weighted by Crippen LogP contribution is 2.13. The minimum Gasteiger partial charge on any atom is -0.497 e. The van der Waals surface area contributed by atoms with Crippen LogP contribution in [0.15, 0.2) is 36.8 Å². The Morgan fingerprint density at radius 2 is 2.07 bits per heavy atom. The van der Waals surface area contributed by atoms with Crippen molar-refractivity contribution in [2.45, 2.75) is 6.54 Å². The number of aromatic nitrogens is 2. The molecule has 15 heavy (non-hydrogen) atoms. The number of rotatable bonds is 3. The van der Waals surface area contributed by atoms with Crippen LogP contribution < -0.4 is 4.74 Å². The van der Waals surface area contributed by atoms with Gasteiger partial charge in [-0.1, -0.05) is 23.7 Å². The molecule has 0 atom stereocenters. The summed E-state index contributed by atoms with van der Waals surface area (Å²) in [7, 11) is 1.66. The molecule has 3 nitrogen and oxygen atoms in total. The average molecular weight is 223 g/mol. The molecule has 1 aromatic carbocycles. The molecule has 0 spiro atoms. The van der Waals surface area contributed by atoms with Gasteiger partial charge >= 0.3 is 0 Å². The highest BCUT2D eigenvalue weighted by Gasteiger charge is 1.97. The molecule has 1 heterocycles. The fraction of sp³-hybridized carbons (Fsp3) is 0.182. The molecule has 0 unspecified atom stereocenters. The number of halogens is 1. The molecule has 0 aliphatic heterocycles. The van der Waals surface area contributed by atoms with Gasteiger partial charge in [-0.2, -0.15) is 0 Å². The third kappa shape index (κ3) is 2.50. The molecule has 2 aromatic rings. The van der Waals surface area contributed by atoms with Crippen molar-refractivity contribution in [3.05, 3.63) is 47.5 Å². The van der Waals surface area contributed by atoms with Crippen LogP contribution >= 0.6 is 11.6 Å². The zero-order chi connectivity index (χ0) is 10.7. The normalized spacial score (nSPS) is 10.3. The smallest absolute Gasteiger partial charge is 0.146 e. The summed E-state index contributed by atoms with van der Waals surface area (Å²) >= 11 is 5.72. The van der Waals surface area contributed by atoms with Crippen LogP contribution in [-0.2, 0) is 6.54 Å². The van der Waals surface area contributed by atoms with Crippen molar-refractivity contribution in [3.63, 3.8) is 0 Å². The van der Waals surface area contributed by atoms with E-state index in [4.69, 9.17) is 16.3 Å². The predicted molar refractivity (Wildman–Crippen MR) is 59.3 cm³/mol. The molecule has 0 N–H and O–H groups in total. The van der Waals surface area contributed by atoms with Crippen LogP contribution in [0.25, 0.3) is 0 Å². The largest absolute Gasteiger partial charge is 0.497 e. The standard InChI is InChI=1S/C11H11ClN2O/c1-15-10-4-2-9(3-5-10)6-14-7-11(12)13-8-14/h2-5,7-8H,6H2,1H3. The Morgan fingerprint density at radius 3 is 2.60 bits per heavy atom. The van der Waals surface area contributed by atoms with Crippen molar-refractivity contribution < 1.29 is 4.74 Å². The van der Waals surface area contributed by atoms with E-state index in [1.54, 1.807) is 19.6 Å². The summed E-state index contributed by atoms with van der Waals surface area (Å²) in [5.41, 5.74) is 1.19. The quantitative estimate of drug-likeness (QED) is 0.798. The number of methoxy groups -OCH3 is 1. The van der Waals surface area contributed by atoms with Crippen molar-refractivity contribution in [3.8, 4) is 5.75 Å². The lowest BCUT2D eigenvalue weighted by molar-refractivity contribution is 0.414. The van der Waals surface area contributed by atoms with Crippen LogP contribution in [0.3, 0.4) is 0 Å². The van der Waals surface area contributed by atoms with E-state index in [0.29, 0.717) is 5.15 Å². The highest BCUT2D eigenvalue weighted by molar-refractivity contribution is 6.29. The van der Waals surface area contributed by atoms with Gasteiger partial charge < -0.3 is 9.30 Å². The van der Waals surface area contributed by atoms with Gasteiger partial charge in [0, 0.05) is 12.7 Å². The van der Waals surface area contributed by atoms with E-state index in [0.717, 1.165) is 12.3 Å². The molecule has 0 amide bonds. The average Bonchev–Trinajstić information content (AvgIpc) is 2.65. The Hall–Kier alpha value is -1.48. The zero-order valence-corrected chi connectivity index (χ0v) is 9.11. The van der Waals surface area contributed by atoms with Crippen molar-refractivity contribution in [1.29, 1.82) is 0 Å². The maximum absolute atomic E-state index is 5.72. The van der Waals surface area contributed by atoms with Gasteiger partial charge in [0.05, 0.1) is 13.4 Å². The number of benzene rings is 1. The van der Waals surface area contributed by atoms with Crippen LogP contribution in [0, 0.1) is 0 Å². The minimum absolute atomic E-state index is 0.517. The van der Waals surface area contributed by atoms with E-state index in [1.165, 1.54) is 5.56 Å². The maximum atomic E-state index is 5.72. The zero-order valence-electron chi connectivity index (χ0n) is 8.35. The summed E-state index contributed by atoms with van der Waals surface area (Å²) in [6, 6.07) is 7.92. The van der Waals surface area contributed by atoms with E-state index in [9.17, 15) is 0 Å². The monoisotopic (exact) mass is 222 g/mol. The molecule has 1 aromatic heterocycles. The van der Waals surface area contributed by atoms with E-state index in [1.807, 2.05) is 28.8 Å². The topological polar surface area (TPSA) is 27.1 Å². The van der Waals surface area contributed by atoms with Crippen molar-refractivity contribution in [2.75, 3.05) is 7.11 Å². The number of ether oxygens (including phenoxy) is 1. The Labute approximate surface area is 93.3 Å². The Morgan fingerprint density at radius 1 is 1.33 bits per heavy atom. The van der Waals surface area contributed by atoms with Crippen LogP contribution in [0.2, 0.25) is 5.15 Å². The lowest BCUT2D eigenvalue weighted by Crippen LogP contribution is -1.96. The van der Waals surface area contributed by atoms with Crippen LogP contribution in [0.1, 0.15) is 5.56 Å². The number of nitrogens with zero attached hydrogens (tertiary/aromatic N) is 2. The van der Waals surface area contributed by atoms with Crippen molar-refractivity contribution >= 4 is 11.6 Å². The van der Waals surface area contributed by atoms with Gasteiger partial charge in [0.2, 0.25) is 0 Å². The van der Waals surface area contributed by atoms with Gasteiger partial charge in [0.25, 0.3) is 0 Å². The van der Waals surface area contributed by atoms with Gasteiger partial charge in [-0.3, -0.25) is 0 Å². The van der Waals surface area contributed by atoms with E-state index < -0.39 is 0 Å². The second kappa shape index (κ2) is 4.36. The minimum atomic E-state index is 0.517. The first kappa shape index (κ1) is 10.1. The van der Waals surface area contributed by atoms with Crippen molar-refractivity contribution in [1.82, 2.24) is 9.55 Å². The molecule has 0 saturated carbocycles. The Bertz CT molecular complexity index is 436. The predicted octanol–water partition coefficient (Wildman–Crippen LogP) is 2.59. The molecule has 0 aliphatic carbocycles. The van der Waals surface area contributed by atoms with Crippen molar-refractivity contribution in [2.24, 2.45) is 0 Å². The SMILES string of the molecule is COc1ccc(Cn2cnc(Cl)c2)cc1. The van der Waals surface area contributed by atoms with Gasteiger partial charge in [0.15, 0.2) is 0 Å². The van der Waals surface area contributed by atoms with E-state index >= 15 is 0 Å². The highest BCUT2D eigenvalue weighted by atomic mass is 35.5. The first-order valence-electron chi connectivity index (χ1n) is 4.58. The Kier molecular flexibility index (Phi) is 2.92. The first-order chi connectivity index (χ1) is 7.28. The summed E-state index contributed by atoms with van der Waals surface area (Å²) in [6.45, 7) is 0.768. The van der Waals surface area contributed by atoms with Crippen LogP contribution in [-0.4, -0.2) is 16.7 Å². The fourth-order valence-corrected chi connectivity index (χ4v) is 1.53. The summed E-state index contributed by atoms with van der Waals surface area (Å²) in [4.78, 5) is 3.95. The molecule has 0 saturated heterocycles. The molecular weight excluding hydrogens is 212 g/mol. The molecule has 78 valence electrons. The summed E-state index contributed by atoms with van der Waals surface area (Å²) in [6.07, 6.45) is 3.51. The first-order valence-corrected chi connectivity index (χ1v) is 4.96. The third-order valence-electron chi connectivity index (χ3n) is 2.13. The van der Waals surface area contributed by atoms with Crippen LogP contribution in [0.4, 0.5) is 0 Å². The number of imidazole rings is 1. The molecule has 0 fully saturated rings. The Balaban J connectivity index is 2.11. The second-order valence-corrected chi connectivity index (χ2v) is 3.60. The van der Waals surface area contributed by atoms with Gasteiger partial charge in [0.1, 0.15) is 10.9 Å². The van der Waals surface area contributed by atoms with Crippen LogP contribution in [0.5, 0.6) is 5.75 Å². The molecule has 0 aliphatic rings. The maximum Gasteiger partial charge on any atom is 0.146 e. The van der Waals surface area contributed by atoms with Gasteiger partial charge in [-0.05, 0) is 17.7 Å². The molecular formula is C11H11ClN2O. The molecule has 0 radical (unpaired) electrons. The lowest BCUT2D eigenvalue weighted by Gasteiger charge is -2.03.